The van der Waals surface area contributed by atoms with Crippen LogP contribution >= 0.6 is 0 Å². The van der Waals surface area contributed by atoms with Crippen LogP contribution in [0, 0.1) is 5.92 Å². The molecule has 0 spiro atoms. The van der Waals surface area contributed by atoms with Gasteiger partial charge in [0.25, 0.3) is 0 Å². The number of carbonyl (C=O) groups excluding carboxylic acids is 1. The maximum atomic E-state index is 12.4. The highest BCUT2D eigenvalue weighted by Crippen LogP contribution is 2.43. The van der Waals surface area contributed by atoms with Crippen LogP contribution in [0.15, 0.2) is 0 Å². The zero-order valence-electron chi connectivity index (χ0n) is 8.11. The van der Waals surface area contributed by atoms with Crippen LogP contribution in [0.4, 0.5) is 17.6 Å². The van der Waals surface area contributed by atoms with E-state index in [1.807, 2.05) is 0 Å². The Balaban J connectivity index is 2.05. The van der Waals surface area contributed by atoms with Crippen molar-refractivity contribution in [2.75, 3.05) is 6.54 Å². The second-order valence-corrected chi connectivity index (χ2v) is 3.86. The monoisotopic (exact) mass is 227 g/mol. The van der Waals surface area contributed by atoms with Crippen LogP contribution in [0.1, 0.15) is 25.7 Å². The van der Waals surface area contributed by atoms with E-state index < -0.39 is 24.7 Å². The fourth-order valence-electron chi connectivity index (χ4n) is 1.58. The smallest absolute Gasteiger partial charge is 0.248 e. The van der Waals surface area contributed by atoms with Gasteiger partial charge in [-0.3, -0.25) is 4.79 Å². The molecule has 2 nitrogen and oxygen atoms in total. The normalized spacial score (nSPS) is 20.1. The van der Waals surface area contributed by atoms with Gasteiger partial charge >= 0.3 is 0 Å². The van der Waals surface area contributed by atoms with Crippen molar-refractivity contribution in [2.45, 2.75) is 38.0 Å². The van der Waals surface area contributed by atoms with Crippen molar-refractivity contribution in [3.63, 3.8) is 0 Å². The summed E-state index contributed by atoms with van der Waals surface area (Å²) in [6.07, 6.45) is -3.37. The number of alkyl halides is 4. The number of amides is 1. The fraction of sp³-hybridized carbons (Fsp3) is 0.889. The Morgan fingerprint density at radius 1 is 1.40 bits per heavy atom. The van der Waals surface area contributed by atoms with Crippen molar-refractivity contribution in [2.24, 2.45) is 5.92 Å². The second-order valence-electron chi connectivity index (χ2n) is 3.86. The van der Waals surface area contributed by atoms with Gasteiger partial charge in [0, 0.05) is 32.2 Å². The molecular formula is C9H13F4NO. The van der Waals surface area contributed by atoms with E-state index in [0.717, 1.165) is 0 Å². The van der Waals surface area contributed by atoms with Gasteiger partial charge < -0.3 is 5.32 Å². The summed E-state index contributed by atoms with van der Waals surface area (Å²) in [6.45, 7) is -0.0976. The third kappa shape index (κ3) is 4.48. The molecule has 88 valence electrons. The number of hydrogen-bond acceptors (Lipinski definition) is 1. The van der Waals surface area contributed by atoms with E-state index in [-0.39, 0.29) is 31.7 Å². The minimum absolute atomic E-state index is 0.0127. The van der Waals surface area contributed by atoms with Crippen LogP contribution in [-0.2, 0) is 4.79 Å². The molecule has 15 heavy (non-hydrogen) atoms. The highest BCUT2D eigenvalue weighted by Gasteiger charge is 2.45. The van der Waals surface area contributed by atoms with E-state index in [2.05, 4.69) is 5.32 Å². The lowest BCUT2D eigenvalue weighted by Crippen LogP contribution is -2.39. The number of nitrogens with one attached hydrogen (secondary N) is 1. The van der Waals surface area contributed by atoms with Gasteiger partial charge in [0.1, 0.15) is 0 Å². The van der Waals surface area contributed by atoms with Gasteiger partial charge in [-0.25, -0.2) is 17.6 Å². The summed E-state index contributed by atoms with van der Waals surface area (Å²) in [4.78, 5) is 11.0. The number of hydrogen-bond donors (Lipinski definition) is 1. The molecular weight excluding hydrogens is 214 g/mol. The minimum Gasteiger partial charge on any atom is -0.356 e. The maximum Gasteiger partial charge on any atom is 0.248 e. The topological polar surface area (TPSA) is 29.1 Å². The summed E-state index contributed by atoms with van der Waals surface area (Å²) >= 11 is 0. The Morgan fingerprint density at radius 2 is 2.00 bits per heavy atom. The number of carbonyl (C=O) groups is 1. The van der Waals surface area contributed by atoms with Crippen molar-refractivity contribution in [3.8, 4) is 0 Å². The van der Waals surface area contributed by atoms with Gasteiger partial charge in [0.15, 0.2) is 0 Å². The molecule has 1 fully saturated rings. The molecule has 1 saturated carbocycles. The molecule has 0 heterocycles. The van der Waals surface area contributed by atoms with Crippen LogP contribution in [0.2, 0.25) is 0 Å². The summed E-state index contributed by atoms with van der Waals surface area (Å²) in [7, 11) is 0. The van der Waals surface area contributed by atoms with Crippen LogP contribution in [0.5, 0.6) is 0 Å². The molecule has 0 saturated heterocycles. The zero-order chi connectivity index (χ0) is 11.5. The van der Waals surface area contributed by atoms with E-state index in [4.69, 9.17) is 0 Å². The van der Waals surface area contributed by atoms with Gasteiger partial charge in [-0.05, 0) is 5.92 Å². The summed E-state index contributed by atoms with van der Waals surface area (Å²) in [5.41, 5.74) is 0. The van der Waals surface area contributed by atoms with E-state index in [9.17, 15) is 22.4 Å². The first kappa shape index (κ1) is 12.3. The molecule has 0 unspecified atom stereocenters. The van der Waals surface area contributed by atoms with Crippen molar-refractivity contribution < 1.29 is 22.4 Å². The lowest BCUT2D eigenvalue weighted by atomic mass is 9.79. The number of halogens is 4. The van der Waals surface area contributed by atoms with E-state index in [0.29, 0.717) is 0 Å². The van der Waals surface area contributed by atoms with Gasteiger partial charge in [-0.1, -0.05) is 0 Å². The standard InChI is InChI=1S/C9H13F4NO/c10-7(11)1-2-14-8(15)3-6-4-9(12,13)5-6/h6-7H,1-5H2,(H,14,15). The van der Waals surface area contributed by atoms with Gasteiger partial charge in [-0.2, -0.15) is 0 Å². The second kappa shape index (κ2) is 4.81. The average molecular weight is 227 g/mol. The third-order valence-electron chi connectivity index (χ3n) is 2.33. The molecule has 1 aliphatic rings. The van der Waals surface area contributed by atoms with Crippen molar-refractivity contribution >= 4 is 5.91 Å². The van der Waals surface area contributed by atoms with E-state index in [1.165, 1.54) is 0 Å². The molecule has 0 atom stereocenters. The molecule has 1 N–H and O–H groups in total. The van der Waals surface area contributed by atoms with Crippen LogP contribution in [-0.4, -0.2) is 24.8 Å². The largest absolute Gasteiger partial charge is 0.356 e. The first-order chi connectivity index (χ1) is 6.89. The lowest BCUT2D eigenvalue weighted by Gasteiger charge is -2.34. The molecule has 1 rings (SSSR count). The minimum atomic E-state index is -2.63. The molecule has 0 aromatic heterocycles. The predicted molar refractivity (Wildman–Crippen MR) is 45.9 cm³/mol. The molecule has 0 aromatic carbocycles. The van der Waals surface area contributed by atoms with Gasteiger partial charge in [0.2, 0.25) is 18.3 Å². The summed E-state index contributed by atoms with van der Waals surface area (Å²) in [5.74, 6) is -3.35. The summed E-state index contributed by atoms with van der Waals surface area (Å²) < 4.78 is 48.1. The summed E-state index contributed by atoms with van der Waals surface area (Å²) in [5, 5.41) is 2.28. The van der Waals surface area contributed by atoms with Crippen molar-refractivity contribution in [3.05, 3.63) is 0 Å². The Kier molecular flexibility index (Phi) is 3.93. The first-order valence-corrected chi connectivity index (χ1v) is 4.82. The lowest BCUT2D eigenvalue weighted by molar-refractivity contribution is -0.133. The van der Waals surface area contributed by atoms with E-state index >= 15 is 0 Å². The summed E-state index contributed by atoms with van der Waals surface area (Å²) in [6, 6.07) is 0. The highest BCUT2D eigenvalue weighted by molar-refractivity contribution is 5.76. The number of rotatable bonds is 5. The maximum absolute atomic E-state index is 12.4. The van der Waals surface area contributed by atoms with E-state index in [1.54, 1.807) is 0 Å². The third-order valence-corrected chi connectivity index (χ3v) is 2.33. The van der Waals surface area contributed by atoms with Crippen molar-refractivity contribution in [1.29, 1.82) is 0 Å². The van der Waals surface area contributed by atoms with Crippen molar-refractivity contribution in [1.82, 2.24) is 5.32 Å². The molecule has 6 heteroatoms. The van der Waals surface area contributed by atoms with Crippen LogP contribution < -0.4 is 5.32 Å². The first-order valence-electron chi connectivity index (χ1n) is 4.82. The molecule has 0 aromatic rings. The molecule has 0 bridgehead atoms. The fourth-order valence-corrected chi connectivity index (χ4v) is 1.58. The van der Waals surface area contributed by atoms with Gasteiger partial charge in [0.05, 0.1) is 0 Å². The van der Waals surface area contributed by atoms with Crippen LogP contribution in [0.25, 0.3) is 0 Å². The molecule has 0 aliphatic heterocycles. The predicted octanol–water partition coefficient (Wildman–Crippen LogP) is 2.19. The quantitative estimate of drug-likeness (QED) is 0.717. The Hall–Kier alpha value is -0.810. The zero-order valence-corrected chi connectivity index (χ0v) is 8.11. The Morgan fingerprint density at radius 3 is 2.47 bits per heavy atom. The van der Waals surface area contributed by atoms with Gasteiger partial charge in [-0.15, -0.1) is 0 Å². The molecule has 1 aliphatic carbocycles. The molecule has 1 amide bonds. The average Bonchev–Trinajstić information content (AvgIpc) is 1.99. The Labute approximate surface area is 85.0 Å². The Bertz CT molecular complexity index is 224. The van der Waals surface area contributed by atoms with Crippen LogP contribution in [0.3, 0.4) is 0 Å². The SMILES string of the molecule is O=C(CC1CC(F)(F)C1)NCCC(F)F. The molecule has 0 radical (unpaired) electrons. The highest BCUT2D eigenvalue weighted by atomic mass is 19.3.